The highest BCUT2D eigenvalue weighted by atomic mass is 16.7. The van der Waals surface area contributed by atoms with E-state index in [9.17, 15) is 5.11 Å². The number of aliphatic hydroxyl groups excluding tert-OH is 1. The van der Waals surface area contributed by atoms with Gasteiger partial charge in [0.15, 0.2) is 11.9 Å². The van der Waals surface area contributed by atoms with Gasteiger partial charge in [0.25, 0.3) is 0 Å². The summed E-state index contributed by atoms with van der Waals surface area (Å²) in [6.45, 7) is 0.191. The molecule has 0 saturated carbocycles. The summed E-state index contributed by atoms with van der Waals surface area (Å²) in [7, 11) is 8.72. The monoisotopic (exact) mass is 200 g/mol. The van der Waals surface area contributed by atoms with Crippen LogP contribution in [0.25, 0.3) is 0 Å². The second-order valence-electron chi connectivity index (χ2n) is 3.58. The molecular formula is C8H13BO5. The molecular weight excluding hydrogens is 187 g/mol. The van der Waals surface area contributed by atoms with Crippen LogP contribution in [-0.4, -0.2) is 63.9 Å². The van der Waals surface area contributed by atoms with Crippen molar-refractivity contribution in [1.82, 2.24) is 0 Å². The van der Waals surface area contributed by atoms with Gasteiger partial charge in [0.05, 0.1) is 6.61 Å². The van der Waals surface area contributed by atoms with E-state index in [0.717, 1.165) is 0 Å². The second kappa shape index (κ2) is 3.46. The third kappa shape index (κ3) is 1.15. The first-order chi connectivity index (χ1) is 6.65. The molecule has 2 unspecified atom stereocenters. The molecule has 2 fully saturated rings. The molecule has 0 aliphatic carbocycles. The van der Waals surface area contributed by atoms with E-state index in [4.69, 9.17) is 26.8 Å². The van der Waals surface area contributed by atoms with E-state index in [-0.39, 0.29) is 12.7 Å². The Bertz CT molecular complexity index is 226. The van der Waals surface area contributed by atoms with E-state index in [2.05, 4.69) is 0 Å². The highest BCUT2D eigenvalue weighted by Crippen LogP contribution is 2.44. The lowest BCUT2D eigenvalue weighted by atomic mass is 9.91. The summed E-state index contributed by atoms with van der Waals surface area (Å²) in [4.78, 5) is 0. The second-order valence-corrected chi connectivity index (χ2v) is 3.58. The molecule has 0 aromatic carbocycles. The van der Waals surface area contributed by atoms with Gasteiger partial charge in [-0.2, -0.15) is 0 Å². The Balaban J connectivity index is 2.25. The van der Waals surface area contributed by atoms with Gasteiger partial charge in [-0.1, -0.05) is 0 Å². The molecule has 0 aromatic rings. The van der Waals surface area contributed by atoms with Crippen LogP contribution in [0.2, 0.25) is 0 Å². The molecule has 2 aliphatic heterocycles. The topological polar surface area (TPSA) is 57.2 Å². The van der Waals surface area contributed by atoms with E-state index < -0.39 is 24.0 Å². The summed E-state index contributed by atoms with van der Waals surface area (Å²) in [5.41, 5.74) is -0.979. The molecule has 0 amide bonds. The van der Waals surface area contributed by atoms with Crippen molar-refractivity contribution < 1.29 is 24.1 Å². The molecule has 2 aliphatic rings. The molecule has 14 heavy (non-hydrogen) atoms. The first kappa shape index (κ1) is 10.4. The lowest BCUT2D eigenvalue weighted by molar-refractivity contribution is -0.255. The largest absolute Gasteiger partial charge is 0.381 e. The third-order valence-electron chi connectivity index (χ3n) is 2.79. The van der Waals surface area contributed by atoms with E-state index in [0.29, 0.717) is 0 Å². The lowest BCUT2D eigenvalue weighted by Gasteiger charge is -2.33. The van der Waals surface area contributed by atoms with Gasteiger partial charge in [0.2, 0.25) is 0 Å². The number of hydrogen-bond donors (Lipinski definition) is 1. The molecule has 2 rings (SSSR count). The summed E-state index contributed by atoms with van der Waals surface area (Å²) in [6.07, 6.45) is -1.85. The number of fused-ring (bicyclic) bond motifs is 2. The molecule has 6 heteroatoms. The highest BCUT2D eigenvalue weighted by molar-refractivity contribution is 6.11. The average Bonchev–Trinajstić information content (AvgIpc) is 2.54. The van der Waals surface area contributed by atoms with Gasteiger partial charge in [-0.15, -0.1) is 0 Å². The van der Waals surface area contributed by atoms with Crippen molar-refractivity contribution in [1.29, 1.82) is 0 Å². The van der Waals surface area contributed by atoms with Crippen molar-refractivity contribution in [2.75, 3.05) is 20.8 Å². The van der Waals surface area contributed by atoms with E-state index >= 15 is 0 Å². The van der Waals surface area contributed by atoms with E-state index in [1.54, 1.807) is 0 Å². The van der Waals surface area contributed by atoms with Crippen molar-refractivity contribution in [3.05, 3.63) is 0 Å². The number of methoxy groups -OCH3 is 2. The maximum atomic E-state index is 9.66. The van der Waals surface area contributed by atoms with Gasteiger partial charge in [0, 0.05) is 20.2 Å². The molecule has 5 nitrogen and oxygen atoms in total. The van der Waals surface area contributed by atoms with Gasteiger partial charge < -0.3 is 24.1 Å². The fourth-order valence-corrected chi connectivity index (χ4v) is 2.20. The van der Waals surface area contributed by atoms with Crippen LogP contribution in [0.15, 0.2) is 0 Å². The highest BCUT2D eigenvalue weighted by Gasteiger charge is 2.65. The molecule has 0 aromatic heterocycles. The predicted molar refractivity (Wildman–Crippen MR) is 46.9 cm³/mol. The van der Waals surface area contributed by atoms with Crippen LogP contribution in [0.4, 0.5) is 0 Å². The van der Waals surface area contributed by atoms with Crippen molar-refractivity contribution >= 4 is 7.85 Å². The minimum atomic E-state index is -1.04. The molecule has 5 atom stereocenters. The Morgan fingerprint density at radius 1 is 1.50 bits per heavy atom. The van der Waals surface area contributed by atoms with Crippen molar-refractivity contribution in [2.45, 2.75) is 30.1 Å². The fourth-order valence-electron chi connectivity index (χ4n) is 2.20. The maximum absolute atomic E-state index is 9.66. The van der Waals surface area contributed by atoms with Gasteiger partial charge >= 0.3 is 0 Å². The maximum Gasteiger partial charge on any atom is 0.189 e. The van der Waals surface area contributed by atoms with Gasteiger partial charge in [-0.3, -0.25) is 0 Å². The summed E-state index contributed by atoms with van der Waals surface area (Å²) >= 11 is 0. The minimum Gasteiger partial charge on any atom is -0.381 e. The molecule has 2 heterocycles. The number of hydrogen-bond acceptors (Lipinski definition) is 5. The molecule has 78 valence electrons. The number of aliphatic hydroxyl groups is 1. The Kier molecular flexibility index (Phi) is 2.57. The molecule has 2 saturated heterocycles. The third-order valence-corrected chi connectivity index (χ3v) is 2.79. The van der Waals surface area contributed by atoms with Crippen LogP contribution >= 0.6 is 0 Å². The summed E-state index contributed by atoms with van der Waals surface area (Å²) in [6, 6.07) is -0.571. The van der Waals surface area contributed by atoms with Gasteiger partial charge in [-0.05, 0) is 0 Å². The number of rotatable bonds is 3. The van der Waals surface area contributed by atoms with Gasteiger partial charge in [-0.25, -0.2) is 0 Å². The SMILES string of the molecule is [B][C@@H]1O[C@]2(COC)C(O)O[C@H]1C2OC. The minimum absolute atomic E-state index is 0.191. The first-order valence-corrected chi connectivity index (χ1v) is 4.44. The van der Waals surface area contributed by atoms with Crippen LogP contribution < -0.4 is 0 Å². The fraction of sp³-hybridized carbons (Fsp3) is 1.00. The zero-order valence-corrected chi connectivity index (χ0v) is 8.17. The molecule has 0 spiro atoms. The predicted octanol–water partition coefficient (Wildman–Crippen LogP) is -1.37. The van der Waals surface area contributed by atoms with Crippen molar-refractivity contribution in [3.8, 4) is 0 Å². The zero-order valence-electron chi connectivity index (χ0n) is 8.17. The smallest absolute Gasteiger partial charge is 0.189 e. The van der Waals surface area contributed by atoms with Gasteiger partial charge in [0.1, 0.15) is 20.1 Å². The quantitative estimate of drug-likeness (QED) is 0.569. The van der Waals surface area contributed by atoms with Crippen molar-refractivity contribution in [3.63, 3.8) is 0 Å². The normalized spacial score (nSPS) is 51.4. The van der Waals surface area contributed by atoms with E-state index in [1.165, 1.54) is 14.2 Å². The summed E-state index contributed by atoms with van der Waals surface area (Å²) in [5.74, 6) is 0. The van der Waals surface area contributed by atoms with Crippen LogP contribution in [0.3, 0.4) is 0 Å². The standard InChI is InChI=1S/C8H13BO5/c1-11-3-8-5(12-2)4(6(9)14-8)13-7(8)10/h4-7,10H,3H2,1-2H3/t4-,5?,6+,7?,8-/m0/s1. The summed E-state index contributed by atoms with van der Waals surface area (Å²) in [5, 5.41) is 9.66. The Morgan fingerprint density at radius 3 is 2.79 bits per heavy atom. The van der Waals surface area contributed by atoms with E-state index in [1.807, 2.05) is 0 Å². The van der Waals surface area contributed by atoms with Crippen LogP contribution in [-0.2, 0) is 18.9 Å². The number of ether oxygens (including phenoxy) is 4. The van der Waals surface area contributed by atoms with Crippen LogP contribution in [0.5, 0.6) is 0 Å². The Hall–Kier alpha value is -0.135. The molecule has 1 N–H and O–H groups in total. The zero-order chi connectivity index (χ0) is 10.3. The Morgan fingerprint density at radius 2 is 2.21 bits per heavy atom. The van der Waals surface area contributed by atoms with Crippen LogP contribution in [0, 0.1) is 0 Å². The Labute approximate surface area is 83.7 Å². The first-order valence-electron chi connectivity index (χ1n) is 4.44. The van der Waals surface area contributed by atoms with Crippen molar-refractivity contribution in [2.24, 2.45) is 0 Å². The molecule has 2 bridgehead atoms. The van der Waals surface area contributed by atoms with Crippen LogP contribution in [0.1, 0.15) is 0 Å². The summed E-state index contributed by atoms with van der Waals surface area (Å²) < 4.78 is 20.9. The average molecular weight is 200 g/mol. The lowest BCUT2D eigenvalue weighted by Crippen LogP contribution is -2.52. The molecule has 2 radical (unpaired) electrons.